The van der Waals surface area contributed by atoms with Gasteiger partial charge >= 0.3 is 0 Å². The van der Waals surface area contributed by atoms with Crippen molar-refractivity contribution in [1.82, 2.24) is 15.0 Å². The average Bonchev–Trinajstić information content (AvgIpc) is 3.44. The molecular weight excluding hydrogens is 651 g/mol. The summed E-state index contributed by atoms with van der Waals surface area (Å²) in [5.41, 5.74) is 11.7. The molecule has 1 aliphatic heterocycles. The number of nitrogens with zero attached hydrogens (tertiary/aromatic N) is 3. The molecule has 2 heterocycles. The van der Waals surface area contributed by atoms with Gasteiger partial charge in [0.15, 0.2) is 40.5 Å². The number of aromatic nitrogens is 3. The Kier molecular flexibility index (Phi) is 7.08. The fraction of sp³-hybridized carbons (Fsp3) is 0.0625. The van der Waals surface area contributed by atoms with E-state index in [4.69, 9.17) is 24.4 Å². The number of ether oxygens (including phenoxy) is 2. The van der Waals surface area contributed by atoms with Gasteiger partial charge < -0.3 is 9.47 Å². The third-order valence-electron chi connectivity index (χ3n) is 10.4. The molecule has 7 aromatic carbocycles. The molecule has 0 spiro atoms. The first kappa shape index (κ1) is 30.9. The molecule has 0 unspecified atom stereocenters. The van der Waals surface area contributed by atoms with E-state index in [0.29, 0.717) is 34.7 Å². The highest BCUT2D eigenvalue weighted by atomic mass is 16.6. The largest absolute Gasteiger partial charge is 0.450 e. The molecule has 5 heteroatoms. The predicted molar refractivity (Wildman–Crippen MR) is 211 cm³/mol. The van der Waals surface area contributed by atoms with Crippen LogP contribution < -0.4 is 9.47 Å². The van der Waals surface area contributed by atoms with Crippen molar-refractivity contribution in [2.24, 2.45) is 0 Å². The Bertz CT molecular complexity index is 2700. The number of hydrogen-bond acceptors (Lipinski definition) is 5. The Balaban J connectivity index is 1.08. The highest BCUT2D eigenvalue weighted by Gasteiger charge is 2.37. The molecule has 0 saturated heterocycles. The van der Waals surface area contributed by atoms with Crippen LogP contribution in [-0.2, 0) is 5.41 Å². The van der Waals surface area contributed by atoms with Crippen molar-refractivity contribution >= 4 is 0 Å². The smallest absolute Gasteiger partial charge is 0.170 e. The molecule has 8 aromatic rings. The van der Waals surface area contributed by atoms with Crippen LogP contribution in [-0.4, -0.2) is 15.0 Å². The van der Waals surface area contributed by atoms with Crippen molar-refractivity contribution in [2.45, 2.75) is 19.3 Å². The molecule has 252 valence electrons. The van der Waals surface area contributed by atoms with Gasteiger partial charge in [-0.1, -0.05) is 153 Å². The van der Waals surface area contributed by atoms with E-state index >= 15 is 0 Å². The predicted octanol–water partition coefficient (Wildman–Crippen LogP) is 12.4. The molecular formula is C48H33N3O2. The Morgan fingerprint density at radius 3 is 1.51 bits per heavy atom. The van der Waals surface area contributed by atoms with Crippen molar-refractivity contribution < 1.29 is 9.47 Å². The van der Waals surface area contributed by atoms with Gasteiger partial charge in [0.2, 0.25) is 0 Å². The first-order valence-corrected chi connectivity index (χ1v) is 17.9. The summed E-state index contributed by atoms with van der Waals surface area (Å²) < 4.78 is 13.2. The highest BCUT2D eigenvalue weighted by Crippen LogP contribution is 2.55. The zero-order chi connectivity index (χ0) is 35.5. The molecule has 1 aromatic heterocycles. The SMILES string of the molecule is CC1(C)c2ccccc2-c2cc3c(cc21)Oc1ccc(-c2ccccc2-c2nc(-c4ccccc4)nc(-c4ccccc4-c4ccccc4)n2)cc1O3. The number of hydrogen-bond donors (Lipinski definition) is 0. The Morgan fingerprint density at radius 1 is 0.340 bits per heavy atom. The second kappa shape index (κ2) is 12.1. The molecule has 0 radical (unpaired) electrons. The topological polar surface area (TPSA) is 57.1 Å². The summed E-state index contributed by atoms with van der Waals surface area (Å²) in [5, 5.41) is 0. The summed E-state index contributed by atoms with van der Waals surface area (Å²) in [6.45, 7) is 4.54. The maximum atomic E-state index is 6.64. The second-order valence-corrected chi connectivity index (χ2v) is 14.0. The molecule has 10 rings (SSSR count). The Hall–Kier alpha value is -6.85. The van der Waals surface area contributed by atoms with Crippen LogP contribution in [0.5, 0.6) is 23.0 Å². The van der Waals surface area contributed by atoms with Crippen molar-refractivity contribution in [3.05, 3.63) is 175 Å². The van der Waals surface area contributed by atoms with E-state index in [1.54, 1.807) is 0 Å². The molecule has 0 saturated carbocycles. The number of fused-ring (bicyclic) bond motifs is 5. The first-order chi connectivity index (χ1) is 26.0. The number of rotatable bonds is 5. The summed E-state index contributed by atoms with van der Waals surface area (Å²) in [6.07, 6.45) is 0. The van der Waals surface area contributed by atoms with Crippen LogP contribution in [0.15, 0.2) is 164 Å². The fourth-order valence-electron chi connectivity index (χ4n) is 7.75. The van der Waals surface area contributed by atoms with Crippen LogP contribution in [0.1, 0.15) is 25.0 Å². The molecule has 0 atom stereocenters. The molecule has 1 aliphatic carbocycles. The maximum Gasteiger partial charge on any atom is 0.170 e. The lowest BCUT2D eigenvalue weighted by atomic mass is 9.82. The molecule has 0 fully saturated rings. The van der Waals surface area contributed by atoms with Crippen molar-refractivity contribution in [3.8, 4) is 90.5 Å². The highest BCUT2D eigenvalue weighted by molar-refractivity contribution is 5.86. The Morgan fingerprint density at radius 2 is 0.830 bits per heavy atom. The van der Waals surface area contributed by atoms with Gasteiger partial charge in [0.25, 0.3) is 0 Å². The standard InChI is InChI=1S/C48H33N3O2/c1-48(2)39-24-14-13-21-35(39)38-28-43-44(29-40(38)48)52-41-26-25-32(27-42(41)53-43)34-20-10-12-23-37(34)47-50-45(31-17-7-4-8-18-31)49-46(51-47)36-22-11-9-19-33(36)30-15-5-3-6-16-30/h3-29H,1-2H3. The first-order valence-electron chi connectivity index (χ1n) is 17.9. The van der Waals surface area contributed by atoms with Gasteiger partial charge in [0.1, 0.15) is 0 Å². The number of benzene rings is 7. The zero-order valence-electron chi connectivity index (χ0n) is 29.2. The molecule has 0 amide bonds. The van der Waals surface area contributed by atoms with Gasteiger partial charge in [-0.2, -0.15) is 0 Å². The van der Waals surface area contributed by atoms with Gasteiger partial charge in [-0.15, -0.1) is 0 Å². The third kappa shape index (κ3) is 5.20. The van der Waals surface area contributed by atoms with Crippen molar-refractivity contribution in [1.29, 1.82) is 0 Å². The van der Waals surface area contributed by atoms with Gasteiger partial charge in [-0.05, 0) is 68.8 Å². The van der Waals surface area contributed by atoms with Crippen LogP contribution in [0, 0.1) is 0 Å². The lowest BCUT2D eigenvalue weighted by molar-refractivity contribution is 0.359. The van der Waals surface area contributed by atoms with Crippen molar-refractivity contribution in [2.75, 3.05) is 0 Å². The quantitative estimate of drug-likeness (QED) is 0.181. The minimum absolute atomic E-state index is 0.128. The lowest BCUT2D eigenvalue weighted by Crippen LogP contribution is -2.15. The van der Waals surface area contributed by atoms with Crippen LogP contribution in [0.4, 0.5) is 0 Å². The van der Waals surface area contributed by atoms with Crippen LogP contribution in [0.25, 0.3) is 67.5 Å². The van der Waals surface area contributed by atoms with E-state index in [1.165, 1.54) is 22.3 Å². The molecule has 5 nitrogen and oxygen atoms in total. The summed E-state index contributed by atoms with van der Waals surface area (Å²) in [6, 6.07) is 56.0. The van der Waals surface area contributed by atoms with E-state index in [9.17, 15) is 0 Å². The minimum atomic E-state index is -0.128. The Labute approximate surface area is 308 Å². The fourth-order valence-corrected chi connectivity index (χ4v) is 7.75. The summed E-state index contributed by atoms with van der Waals surface area (Å²) >= 11 is 0. The van der Waals surface area contributed by atoms with E-state index in [-0.39, 0.29) is 5.41 Å². The van der Waals surface area contributed by atoms with Crippen LogP contribution in [0.2, 0.25) is 0 Å². The molecule has 0 N–H and O–H groups in total. The van der Waals surface area contributed by atoms with Gasteiger partial charge in [0.05, 0.1) is 0 Å². The zero-order valence-corrected chi connectivity index (χ0v) is 29.2. The lowest BCUT2D eigenvalue weighted by Gasteiger charge is -2.25. The minimum Gasteiger partial charge on any atom is -0.450 e. The van der Waals surface area contributed by atoms with Gasteiger partial charge in [0, 0.05) is 22.1 Å². The second-order valence-electron chi connectivity index (χ2n) is 14.0. The summed E-state index contributed by atoms with van der Waals surface area (Å²) in [4.78, 5) is 15.3. The van der Waals surface area contributed by atoms with Crippen LogP contribution in [0.3, 0.4) is 0 Å². The third-order valence-corrected chi connectivity index (χ3v) is 10.4. The molecule has 2 aliphatic rings. The van der Waals surface area contributed by atoms with E-state index in [1.807, 2.05) is 66.7 Å². The van der Waals surface area contributed by atoms with E-state index < -0.39 is 0 Å². The monoisotopic (exact) mass is 683 g/mol. The average molecular weight is 684 g/mol. The summed E-state index contributed by atoms with van der Waals surface area (Å²) in [7, 11) is 0. The van der Waals surface area contributed by atoms with E-state index in [2.05, 4.69) is 111 Å². The molecule has 0 bridgehead atoms. The maximum absolute atomic E-state index is 6.64. The van der Waals surface area contributed by atoms with Gasteiger partial charge in [-0.3, -0.25) is 0 Å². The molecule has 53 heavy (non-hydrogen) atoms. The normalized spacial score (nSPS) is 13.2. The van der Waals surface area contributed by atoms with Crippen molar-refractivity contribution in [3.63, 3.8) is 0 Å². The van der Waals surface area contributed by atoms with E-state index in [0.717, 1.165) is 44.7 Å². The summed E-state index contributed by atoms with van der Waals surface area (Å²) in [5.74, 6) is 4.59. The van der Waals surface area contributed by atoms with Gasteiger partial charge in [-0.25, -0.2) is 15.0 Å². The van der Waals surface area contributed by atoms with Crippen LogP contribution >= 0.6 is 0 Å².